The second-order valence-corrected chi connectivity index (χ2v) is 5.19. The van der Waals surface area contributed by atoms with Crippen LogP contribution in [0.2, 0.25) is 0 Å². The number of carbonyl (C=O) groups excluding carboxylic acids is 1. The van der Waals surface area contributed by atoms with Crippen LogP contribution >= 0.6 is 0 Å². The summed E-state index contributed by atoms with van der Waals surface area (Å²) in [5, 5.41) is 2.85. The van der Waals surface area contributed by atoms with E-state index in [1.54, 1.807) is 18.5 Å². The molecule has 0 radical (unpaired) electrons. The standard InChI is InChI=1S/C16H18N6O2/c1-3-4-7-19-15(23)22-14-13(21-16(22)24-2)6-5-12(20-14)11-8-17-10-18-9-11/h5-6,8-10H,3-4,7H2,1-2H3,(H,19,23). The zero-order valence-corrected chi connectivity index (χ0v) is 13.6. The molecule has 3 heterocycles. The highest BCUT2D eigenvalue weighted by atomic mass is 16.5. The fourth-order valence-corrected chi connectivity index (χ4v) is 2.30. The normalized spacial score (nSPS) is 10.8. The molecule has 0 aliphatic heterocycles. The van der Waals surface area contributed by atoms with Crippen LogP contribution in [0.1, 0.15) is 19.8 Å². The molecule has 1 amide bonds. The van der Waals surface area contributed by atoms with Crippen LogP contribution < -0.4 is 10.1 Å². The molecule has 0 fully saturated rings. The van der Waals surface area contributed by atoms with Crippen LogP contribution in [-0.4, -0.2) is 44.2 Å². The van der Waals surface area contributed by atoms with Gasteiger partial charge in [-0.15, -0.1) is 0 Å². The number of hydrogen-bond donors (Lipinski definition) is 1. The van der Waals surface area contributed by atoms with Crippen molar-refractivity contribution in [3.05, 3.63) is 30.9 Å². The number of rotatable bonds is 5. The summed E-state index contributed by atoms with van der Waals surface area (Å²) < 4.78 is 6.58. The first-order valence-corrected chi connectivity index (χ1v) is 7.71. The number of nitrogens with one attached hydrogen (secondary N) is 1. The second-order valence-electron chi connectivity index (χ2n) is 5.19. The minimum atomic E-state index is -0.309. The first-order valence-electron chi connectivity index (χ1n) is 7.71. The van der Waals surface area contributed by atoms with E-state index >= 15 is 0 Å². The Bertz CT molecular complexity index is 846. The molecule has 3 aromatic rings. The van der Waals surface area contributed by atoms with Crippen LogP contribution in [0, 0.1) is 0 Å². The molecule has 0 bridgehead atoms. The number of imidazole rings is 1. The summed E-state index contributed by atoms with van der Waals surface area (Å²) in [6.45, 7) is 2.65. The van der Waals surface area contributed by atoms with Gasteiger partial charge in [-0.1, -0.05) is 13.3 Å². The molecular formula is C16H18N6O2. The number of amides is 1. The Balaban J connectivity index is 2.04. The van der Waals surface area contributed by atoms with Crippen LogP contribution in [0.4, 0.5) is 4.79 Å². The number of nitrogens with zero attached hydrogens (tertiary/aromatic N) is 5. The molecule has 124 valence electrons. The topological polar surface area (TPSA) is 94.8 Å². The van der Waals surface area contributed by atoms with Gasteiger partial charge in [0.25, 0.3) is 0 Å². The van der Waals surface area contributed by atoms with Gasteiger partial charge >= 0.3 is 12.0 Å². The van der Waals surface area contributed by atoms with Crippen molar-refractivity contribution in [1.29, 1.82) is 0 Å². The summed E-state index contributed by atoms with van der Waals surface area (Å²) >= 11 is 0. The SMILES string of the molecule is CCCCNC(=O)n1c(OC)nc2ccc(-c3cncnc3)nc21. The Hall–Kier alpha value is -3.03. The maximum atomic E-state index is 12.5. The molecule has 0 atom stereocenters. The lowest BCUT2D eigenvalue weighted by molar-refractivity contribution is 0.238. The van der Waals surface area contributed by atoms with E-state index < -0.39 is 0 Å². The van der Waals surface area contributed by atoms with E-state index in [9.17, 15) is 4.79 Å². The van der Waals surface area contributed by atoms with Crippen molar-refractivity contribution < 1.29 is 9.53 Å². The van der Waals surface area contributed by atoms with Gasteiger partial charge in [0.05, 0.1) is 12.8 Å². The van der Waals surface area contributed by atoms with Gasteiger partial charge in [-0.3, -0.25) is 0 Å². The van der Waals surface area contributed by atoms with Crippen LogP contribution in [0.15, 0.2) is 30.9 Å². The van der Waals surface area contributed by atoms with E-state index in [1.807, 2.05) is 6.07 Å². The second kappa shape index (κ2) is 7.03. The molecular weight excluding hydrogens is 308 g/mol. The summed E-state index contributed by atoms with van der Waals surface area (Å²) in [4.78, 5) is 29.3. The van der Waals surface area contributed by atoms with E-state index in [4.69, 9.17) is 4.74 Å². The van der Waals surface area contributed by atoms with Crippen molar-refractivity contribution in [3.8, 4) is 17.3 Å². The van der Waals surface area contributed by atoms with Crippen LogP contribution in [0.25, 0.3) is 22.4 Å². The Kier molecular flexibility index (Phi) is 4.64. The molecule has 0 unspecified atom stereocenters. The maximum absolute atomic E-state index is 12.5. The summed E-state index contributed by atoms with van der Waals surface area (Å²) in [7, 11) is 1.48. The number of carbonyl (C=O) groups is 1. The van der Waals surface area contributed by atoms with Crippen molar-refractivity contribution in [1.82, 2.24) is 29.8 Å². The van der Waals surface area contributed by atoms with E-state index in [2.05, 4.69) is 32.2 Å². The van der Waals surface area contributed by atoms with Gasteiger partial charge in [0.1, 0.15) is 11.8 Å². The molecule has 0 aliphatic rings. The van der Waals surface area contributed by atoms with Crippen LogP contribution in [-0.2, 0) is 0 Å². The summed E-state index contributed by atoms with van der Waals surface area (Å²) in [5.74, 6) is 0. The molecule has 0 saturated carbocycles. The molecule has 24 heavy (non-hydrogen) atoms. The average Bonchev–Trinajstić information content (AvgIpc) is 3.00. The predicted molar refractivity (Wildman–Crippen MR) is 88.8 cm³/mol. The third kappa shape index (κ3) is 3.03. The molecule has 3 aromatic heterocycles. The Labute approximate surface area is 138 Å². The number of fused-ring (bicyclic) bond motifs is 1. The van der Waals surface area contributed by atoms with Crippen molar-refractivity contribution in [3.63, 3.8) is 0 Å². The van der Waals surface area contributed by atoms with Gasteiger partial charge in [-0.2, -0.15) is 9.55 Å². The smallest absolute Gasteiger partial charge is 0.331 e. The van der Waals surface area contributed by atoms with Crippen molar-refractivity contribution in [2.24, 2.45) is 0 Å². The largest absolute Gasteiger partial charge is 0.468 e. The lowest BCUT2D eigenvalue weighted by Gasteiger charge is -2.08. The monoisotopic (exact) mass is 326 g/mol. The molecule has 8 heteroatoms. The fraction of sp³-hybridized carbons (Fsp3) is 0.312. The number of pyridine rings is 1. The lowest BCUT2D eigenvalue weighted by Crippen LogP contribution is -2.29. The highest BCUT2D eigenvalue weighted by molar-refractivity contribution is 5.89. The molecule has 8 nitrogen and oxygen atoms in total. The predicted octanol–water partition coefficient (Wildman–Crippen LogP) is 2.25. The van der Waals surface area contributed by atoms with Gasteiger partial charge in [-0.25, -0.2) is 19.7 Å². The van der Waals surface area contributed by atoms with E-state index in [0.717, 1.165) is 18.4 Å². The highest BCUT2D eigenvalue weighted by Crippen LogP contribution is 2.23. The highest BCUT2D eigenvalue weighted by Gasteiger charge is 2.19. The van der Waals surface area contributed by atoms with E-state index in [-0.39, 0.29) is 12.0 Å². The summed E-state index contributed by atoms with van der Waals surface area (Å²) in [6, 6.07) is 3.50. The van der Waals surface area contributed by atoms with Crippen molar-refractivity contribution in [2.75, 3.05) is 13.7 Å². The van der Waals surface area contributed by atoms with Crippen molar-refractivity contribution >= 4 is 17.2 Å². The third-order valence-corrected chi connectivity index (χ3v) is 3.52. The van der Waals surface area contributed by atoms with Gasteiger partial charge in [0.2, 0.25) is 0 Å². The number of hydrogen-bond acceptors (Lipinski definition) is 6. The summed E-state index contributed by atoms with van der Waals surface area (Å²) in [6.07, 6.45) is 6.69. The molecule has 0 aromatic carbocycles. The molecule has 1 N–H and O–H groups in total. The summed E-state index contributed by atoms with van der Waals surface area (Å²) in [5.41, 5.74) is 2.44. The molecule has 0 aliphatic carbocycles. The number of unbranched alkanes of at least 4 members (excludes halogenated alkanes) is 1. The minimum Gasteiger partial charge on any atom is -0.468 e. The van der Waals surface area contributed by atoms with Gasteiger partial charge in [0.15, 0.2) is 5.65 Å². The first-order chi connectivity index (χ1) is 11.7. The molecule has 3 rings (SSSR count). The molecule has 0 saturated heterocycles. The Morgan fingerprint density at radius 2 is 2.04 bits per heavy atom. The van der Waals surface area contributed by atoms with E-state index in [1.165, 1.54) is 18.0 Å². The van der Waals surface area contributed by atoms with Gasteiger partial charge < -0.3 is 10.1 Å². The molecule has 0 spiro atoms. The average molecular weight is 326 g/mol. The number of aromatic nitrogens is 5. The Morgan fingerprint density at radius 3 is 2.75 bits per heavy atom. The fourth-order valence-electron chi connectivity index (χ4n) is 2.30. The van der Waals surface area contributed by atoms with Crippen molar-refractivity contribution in [2.45, 2.75) is 19.8 Å². The lowest BCUT2D eigenvalue weighted by atomic mass is 10.2. The van der Waals surface area contributed by atoms with Crippen LogP contribution in [0.5, 0.6) is 6.01 Å². The van der Waals surface area contributed by atoms with Gasteiger partial charge in [-0.05, 0) is 18.6 Å². The number of methoxy groups -OCH3 is 1. The third-order valence-electron chi connectivity index (χ3n) is 3.52. The zero-order chi connectivity index (χ0) is 16.9. The van der Waals surface area contributed by atoms with E-state index in [0.29, 0.717) is 23.4 Å². The van der Waals surface area contributed by atoms with Crippen LogP contribution in [0.3, 0.4) is 0 Å². The first kappa shape index (κ1) is 15.9. The number of ether oxygens (including phenoxy) is 1. The maximum Gasteiger partial charge on any atom is 0.331 e. The zero-order valence-electron chi connectivity index (χ0n) is 13.6. The minimum absolute atomic E-state index is 0.202. The quantitative estimate of drug-likeness (QED) is 0.723. The Morgan fingerprint density at radius 1 is 1.25 bits per heavy atom. The van der Waals surface area contributed by atoms with Gasteiger partial charge in [0, 0.05) is 24.5 Å².